The van der Waals surface area contributed by atoms with E-state index < -0.39 is 0 Å². The summed E-state index contributed by atoms with van der Waals surface area (Å²) in [6.45, 7) is 4.27. The summed E-state index contributed by atoms with van der Waals surface area (Å²) in [6.07, 6.45) is 0. The first-order chi connectivity index (χ1) is 9.52. The second-order valence-corrected chi connectivity index (χ2v) is 5.03. The van der Waals surface area contributed by atoms with Crippen LogP contribution in [-0.2, 0) is 9.59 Å². The Morgan fingerprint density at radius 3 is 2.85 bits per heavy atom. The predicted octanol–water partition coefficient (Wildman–Crippen LogP) is 1.55. The normalized spacial score (nSPS) is 15.2. The van der Waals surface area contributed by atoms with E-state index in [-0.39, 0.29) is 17.7 Å². The van der Waals surface area contributed by atoms with Gasteiger partial charge in [0.15, 0.2) is 11.5 Å². The number of anilines is 1. The van der Waals surface area contributed by atoms with Crippen molar-refractivity contribution in [2.75, 3.05) is 18.4 Å². The van der Waals surface area contributed by atoms with E-state index in [0.29, 0.717) is 30.3 Å². The average Bonchev–Trinajstić information content (AvgIpc) is 2.65. The number of rotatable bonds is 2. The number of nitrogens with zero attached hydrogens (tertiary/aromatic N) is 2. The third kappa shape index (κ3) is 2.24. The molecule has 1 fully saturated rings. The van der Waals surface area contributed by atoms with E-state index in [4.69, 9.17) is 4.42 Å². The SMILES string of the molecule is CC(=O)N1CC(C(=O)Nc2ccc3nc(C)oc3c2)C1. The fraction of sp³-hybridized carbons (Fsp3) is 0.357. The number of carbonyl (C=O) groups is 2. The molecule has 1 aromatic carbocycles. The van der Waals surface area contributed by atoms with Crippen molar-refractivity contribution in [3.63, 3.8) is 0 Å². The molecule has 0 spiro atoms. The molecule has 0 saturated carbocycles. The largest absolute Gasteiger partial charge is 0.441 e. The fourth-order valence-electron chi connectivity index (χ4n) is 2.26. The Hall–Kier alpha value is -2.37. The molecule has 3 rings (SSSR count). The van der Waals surface area contributed by atoms with Gasteiger partial charge in [-0.2, -0.15) is 0 Å². The standard InChI is InChI=1S/C14H15N3O3/c1-8-15-12-4-3-11(5-13(12)20-8)16-14(19)10-6-17(7-10)9(2)18/h3-5,10H,6-7H2,1-2H3,(H,16,19). The number of hydrogen-bond donors (Lipinski definition) is 1. The molecule has 0 radical (unpaired) electrons. The van der Waals surface area contributed by atoms with E-state index in [1.807, 2.05) is 6.07 Å². The molecule has 2 amide bonds. The van der Waals surface area contributed by atoms with Gasteiger partial charge in [0.1, 0.15) is 5.52 Å². The highest BCUT2D eigenvalue weighted by molar-refractivity contribution is 5.95. The lowest BCUT2D eigenvalue weighted by Gasteiger charge is -2.37. The van der Waals surface area contributed by atoms with Crippen molar-refractivity contribution in [2.45, 2.75) is 13.8 Å². The zero-order valence-corrected chi connectivity index (χ0v) is 11.3. The number of amides is 2. The van der Waals surface area contributed by atoms with E-state index in [0.717, 1.165) is 5.52 Å². The molecule has 1 aliphatic rings. The minimum absolute atomic E-state index is 0.00704. The average molecular weight is 273 g/mol. The maximum Gasteiger partial charge on any atom is 0.231 e. The summed E-state index contributed by atoms with van der Waals surface area (Å²) in [7, 11) is 0. The Kier molecular flexibility index (Phi) is 2.93. The van der Waals surface area contributed by atoms with Gasteiger partial charge in [-0.15, -0.1) is 0 Å². The lowest BCUT2D eigenvalue weighted by molar-refractivity contribution is -0.139. The molecule has 1 aliphatic heterocycles. The summed E-state index contributed by atoms with van der Waals surface area (Å²) in [4.78, 5) is 28.9. The van der Waals surface area contributed by atoms with Gasteiger partial charge in [-0.1, -0.05) is 0 Å². The lowest BCUT2D eigenvalue weighted by atomic mass is 9.99. The summed E-state index contributed by atoms with van der Waals surface area (Å²) in [5.41, 5.74) is 2.10. The molecule has 6 heteroatoms. The summed E-state index contributed by atoms with van der Waals surface area (Å²) in [6, 6.07) is 5.36. The van der Waals surface area contributed by atoms with Crippen LogP contribution in [0.4, 0.5) is 5.69 Å². The van der Waals surface area contributed by atoms with Crippen LogP contribution in [-0.4, -0.2) is 34.8 Å². The van der Waals surface area contributed by atoms with Gasteiger partial charge >= 0.3 is 0 Å². The Morgan fingerprint density at radius 2 is 2.15 bits per heavy atom. The molecular formula is C14H15N3O3. The highest BCUT2D eigenvalue weighted by Gasteiger charge is 2.34. The van der Waals surface area contributed by atoms with Crippen LogP contribution in [0, 0.1) is 12.8 Å². The van der Waals surface area contributed by atoms with Gasteiger partial charge in [0, 0.05) is 38.7 Å². The first kappa shape index (κ1) is 12.7. The summed E-state index contributed by atoms with van der Waals surface area (Å²) in [5, 5.41) is 2.84. The summed E-state index contributed by atoms with van der Waals surface area (Å²) in [5.74, 6) is 0.399. The lowest BCUT2D eigenvalue weighted by Crippen LogP contribution is -2.53. The second kappa shape index (κ2) is 4.63. The minimum Gasteiger partial charge on any atom is -0.441 e. The van der Waals surface area contributed by atoms with Gasteiger partial charge in [0.25, 0.3) is 0 Å². The zero-order valence-electron chi connectivity index (χ0n) is 11.3. The molecule has 104 valence electrons. The van der Waals surface area contributed by atoms with Crippen LogP contribution in [0.3, 0.4) is 0 Å². The summed E-state index contributed by atoms with van der Waals surface area (Å²) >= 11 is 0. The molecule has 1 N–H and O–H groups in total. The van der Waals surface area contributed by atoms with Crippen molar-refractivity contribution in [2.24, 2.45) is 5.92 Å². The highest BCUT2D eigenvalue weighted by atomic mass is 16.3. The summed E-state index contributed by atoms with van der Waals surface area (Å²) < 4.78 is 5.42. The maximum absolute atomic E-state index is 12.0. The quantitative estimate of drug-likeness (QED) is 0.900. The zero-order chi connectivity index (χ0) is 14.3. The van der Waals surface area contributed by atoms with Crippen LogP contribution in [0.1, 0.15) is 12.8 Å². The number of fused-ring (bicyclic) bond motifs is 1. The van der Waals surface area contributed by atoms with Gasteiger partial charge in [-0.05, 0) is 12.1 Å². The minimum atomic E-state index is -0.133. The molecule has 6 nitrogen and oxygen atoms in total. The Morgan fingerprint density at radius 1 is 1.40 bits per heavy atom. The van der Waals surface area contributed by atoms with Crippen molar-refractivity contribution < 1.29 is 14.0 Å². The van der Waals surface area contributed by atoms with Gasteiger partial charge in [-0.25, -0.2) is 4.98 Å². The van der Waals surface area contributed by atoms with Crippen molar-refractivity contribution in [1.29, 1.82) is 0 Å². The highest BCUT2D eigenvalue weighted by Crippen LogP contribution is 2.22. The molecule has 1 saturated heterocycles. The molecular weight excluding hydrogens is 258 g/mol. The van der Waals surface area contributed by atoms with E-state index in [9.17, 15) is 9.59 Å². The Labute approximate surface area is 115 Å². The number of nitrogens with one attached hydrogen (secondary N) is 1. The first-order valence-corrected chi connectivity index (χ1v) is 6.46. The van der Waals surface area contributed by atoms with E-state index in [1.54, 1.807) is 24.0 Å². The smallest absolute Gasteiger partial charge is 0.231 e. The third-order valence-electron chi connectivity index (χ3n) is 3.46. The van der Waals surface area contributed by atoms with Gasteiger partial charge in [0.05, 0.1) is 5.92 Å². The number of aromatic nitrogens is 1. The van der Waals surface area contributed by atoms with Crippen molar-refractivity contribution in [3.05, 3.63) is 24.1 Å². The molecule has 0 bridgehead atoms. The van der Waals surface area contributed by atoms with Crippen LogP contribution in [0.15, 0.2) is 22.6 Å². The van der Waals surface area contributed by atoms with Crippen LogP contribution in [0.25, 0.3) is 11.1 Å². The predicted molar refractivity (Wildman–Crippen MR) is 73.1 cm³/mol. The number of hydrogen-bond acceptors (Lipinski definition) is 4. The number of aryl methyl sites for hydroxylation is 1. The van der Waals surface area contributed by atoms with Crippen LogP contribution < -0.4 is 5.32 Å². The molecule has 0 aliphatic carbocycles. The van der Waals surface area contributed by atoms with Gasteiger partial charge < -0.3 is 14.6 Å². The molecule has 1 aromatic heterocycles. The van der Waals surface area contributed by atoms with Crippen molar-refractivity contribution >= 4 is 28.6 Å². The fourth-order valence-corrected chi connectivity index (χ4v) is 2.26. The molecule has 0 atom stereocenters. The first-order valence-electron chi connectivity index (χ1n) is 6.46. The van der Waals surface area contributed by atoms with Crippen LogP contribution in [0.2, 0.25) is 0 Å². The Balaban J connectivity index is 1.67. The van der Waals surface area contributed by atoms with E-state index >= 15 is 0 Å². The third-order valence-corrected chi connectivity index (χ3v) is 3.46. The molecule has 2 aromatic rings. The second-order valence-electron chi connectivity index (χ2n) is 5.03. The number of carbonyl (C=O) groups excluding carboxylic acids is 2. The monoisotopic (exact) mass is 273 g/mol. The van der Waals surface area contributed by atoms with Gasteiger partial charge in [-0.3, -0.25) is 9.59 Å². The molecule has 20 heavy (non-hydrogen) atoms. The molecule has 0 unspecified atom stereocenters. The topological polar surface area (TPSA) is 75.4 Å². The van der Waals surface area contributed by atoms with E-state index in [2.05, 4.69) is 10.3 Å². The number of benzene rings is 1. The number of oxazole rings is 1. The van der Waals surface area contributed by atoms with Crippen LogP contribution in [0.5, 0.6) is 0 Å². The maximum atomic E-state index is 12.0. The number of likely N-dealkylation sites (tertiary alicyclic amines) is 1. The van der Waals surface area contributed by atoms with Gasteiger partial charge in [0.2, 0.25) is 11.8 Å². The molecule has 2 heterocycles. The van der Waals surface area contributed by atoms with E-state index in [1.165, 1.54) is 6.92 Å². The van der Waals surface area contributed by atoms with Crippen molar-refractivity contribution in [1.82, 2.24) is 9.88 Å². The Bertz CT molecular complexity index is 686. The van der Waals surface area contributed by atoms with Crippen LogP contribution >= 0.6 is 0 Å². The van der Waals surface area contributed by atoms with Crippen molar-refractivity contribution in [3.8, 4) is 0 Å².